The standard InChI is InChI=1S/C12H11ClFN3O/c1-18-12-11(16-4-5-17-12)10(15)8-6-7(13)2-3-9(8)14/h2-6,10H,15H2,1H3. The fourth-order valence-electron chi connectivity index (χ4n) is 1.61. The maximum absolute atomic E-state index is 13.7. The highest BCUT2D eigenvalue weighted by Gasteiger charge is 2.19. The molecule has 18 heavy (non-hydrogen) atoms. The maximum Gasteiger partial charge on any atom is 0.237 e. The number of rotatable bonds is 3. The van der Waals surface area contributed by atoms with E-state index in [2.05, 4.69) is 9.97 Å². The Kier molecular flexibility index (Phi) is 3.74. The molecule has 1 aromatic heterocycles. The lowest BCUT2D eigenvalue weighted by Gasteiger charge is -2.14. The van der Waals surface area contributed by atoms with E-state index in [1.807, 2.05) is 0 Å². The summed E-state index contributed by atoms with van der Waals surface area (Å²) in [5, 5.41) is 0.407. The first kappa shape index (κ1) is 12.7. The Morgan fingerprint density at radius 2 is 2.06 bits per heavy atom. The Labute approximate surface area is 109 Å². The summed E-state index contributed by atoms with van der Waals surface area (Å²) in [7, 11) is 1.45. The molecule has 1 unspecified atom stereocenters. The molecule has 0 amide bonds. The SMILES string of the molecule is COc1nccnc1C(N)c1cc(Cl)ccc1F. The zero-order valence-electron chi connectivity index (χ0n) is 9.60. The average Bonchev–Trinajstić information content (AvgIpc) is 2.40. The van der Waals surface area contributed by atoms with Gasteiger partial charge in [-0.15, -0.1) is 0 Å². The number of halogens is 2. The molecule has 4 nitrogen and oxygen atoms in total. The molecule has 0 saturated heterocycles. The molecular formula is C12H11ClFN3O. The molecular weight excluding hydrogens is 257 g/mol. The minimum Gasteiger partial charge on any atom is -0.480 e. The van der Waals surface area contributed by atoms with Crippen molar-refractivity contribution in [2.45, 2.75) is 6.04 Å². The topological polar surface area (TPSA) is 61.0 Å². The lowest BCUT2D eigenvalue weighted by atomic mass is 10.0. The van der Waals surface area contributed by atoms with Crippen molar-refractivity contribution >= 4 is 11.6 Å². The first-order valence-electron chi connectivity index (χ1n) is 5.19. The van der Waals surface area contributed by atoms with Gasteiger partial charge in [0.25, 0.3) is 0 Å². The third kappa shape index (κ3) is 2.42. The van der Waals surface area contributed by atoms with Gasteiger partial charge in [-0.1, -0.05) is 11.6 Å². The van der Waals surface area contributed by atoms with Crippen LogP contribution in [-0.4, -0.2) is 17.1 Å². The van der Waals surface area contributed by atoms with E-state index in [-0.39, 0.29) is 11.4 Å². The number of nitrogens with zero attached hydrogens (tertiary/aromatic N) is 2. The van der Waals surface area contributed by atoms with Crippen molar-refractivity contribution in [3.63, 3.8) is 0 Å². The van der Waals surface area contributed by atoms with Crippen molar-refractivity contribution in [1.29, 1.82) is 0 Å². The first-order chi connectivity index (χ1) is 8.63. The normalized spacial score (nSPS) is 12.2. The van der Waals surface area contributed by atoms with Crippen molar-refractivity contribution < 1.29 is 9.13 Å². The summed E-state index contributed by atoms with van der Waals surface area (Å²) in [6.45, 7) is 0. The number of nitrogens with two attached hydrogens (primary N) is 1. The van der Waals surface area contributed by atoms with Gasteiger partial charge in [0.2, 0.25) is 5.88 Å². The number of benzene rings is 1. The highest BCUT2D eigenvalue weighted by atomic mass is 35.5. The number of methoxy groups -OCH3 is 1. The molecule has 0 aliphatic carbocycles. The molecule has 0 fully saturated rings. The Morgan fingerprint density at radius 1 is 1.33 bits per heavy atom. The Balaban J connectivity index is 2.47. The zero-order valence-corrected chi connectivity index (χ0v) is 10.4. The van der Waals surface area contributed by atoms with E-state index in [0.29, 0.717) is 10.7 Å². The second-order valence-electron chi connectivity index (χ2n) is 3.59. The van der Waals surface area contributed by atoms with Gasteiger partial charge >= 0.3 is 0 Å². The van der Waals surface area contributed by atoms with E-state index < -0.39 is 11.9 Å². The molecule has 0 saturated carbocycles. The summed E-state index contributed by atoms with van der Waals surface area (Å²) in [6, 6.07) is 3.41. The lowest BCUT2D eigenvalue weighted by molar-refractivity contribution is 0.386. The third-order valence-electron chi connectivity index (χ3n) is 2.47. The molecule has 0 aliphatic rings. The van der Waals surface area contributed by atoms with Crippen LogP contribution < -0.4 is 10.5 Å². The highest BCUT2D eigenvalue weighted by Crippen LogP contribution is 2.27. The van der Waals surface area contributed by atoms with Crippen LogP contribution in [0.2, 0.25) is 5.02 Å². The van der Waals surface area contributed by atoms with Crippen molar-refractivity contribution in [3.05, 3.63) is 52.7 Å². The van der Waals surface area contributed by atoms with Crippen LogP contribution in [0.5, 0.6) is 5.88 Å². The average molecular weight is 268 g/mol. The largest absolute Gasteiger partial charge is 0.480 e. The van der Waals surface area contributed by atoms with Crippen molar-refractivity contribution in [3.8, 4) is 5.88 Å². The van der Waals surface area contributed by atoms with Crippen LogP contribution in [0.1, 0.15) is 17.3 Å². The molecule has 0 radical (unpaired) electrons. The zero-order chi connectivity index (χ0) is 13.1. The molecule has 1 heterocycles. The van der Waals surface area contributed by atoms with Crippen LogP contribution in [-0.2, 0) is 0 Å². The maximum atomic E-state index is 13.7. The van der Waals surface area contributed by atoms with Gasteiger partial charge in [-0.25, -0.2) is 9.37 Å². The van der Waals surface area contributed by atoms with Crippen LogP contribution in [0, 0.1) is 5.82 Å². The Morgan fingerprint density at radius 3 is 2.78 bits per heavy atom. The summed E-state index contributed by atoms with van der Waals surface area (Å²) in [6.07, 6.45) is 2.95. The number of aromatic nitrogens is 2. The molecule has 1 aromatic carbocycles. The molecule has 0 spiro atoms. The minimum atomic E-state index is -0.785. The summed E-state index contributed by atoms with van der Waals surface area (Å²) in [4.78, 5) is 8.05. The highest BCUT2D eigenvalue weighted by molar-refractivity contribution is 6.30. The fourth-order valence-corrected chi connectivity index (χ4v) is 1.79. The fraction of sp³-hybridized carbons (Fsp3) is 0.167. The van der Waals surface area contributed by atoms with Gasteiger partial charge in [0.15, 0.2) is 0 Å². The Hall–Kier alpha value is -1.72. The van der Waals surface area contributed by atoms with E-state index in [1.165, 1.54) is 37.7 Å². The molecule has 0 aliphatic heterocycles. The van der Waals surface area contributed by atoms with Crippen molar-refractivity contribution in [2.24, 2.45) is 5.73 Å². The third-order valence-corrected chi connectivity index (χ3v) is 2.71. The van der Waals surface area contributed by atoms with E-state index >= 15 is 0 Å². The Bertz CT molecular complexity index is 565. The van der Waals surface area contributed by atoms with E-state index in [4.69, 9.17) is 22.1 Å². The van der Waals surface area contributed by atoms with Gasteiger partial charge in [0.1, 0.15) is 11.5 Å². The summed E-state index contributed by atoms with van der Waals surface area (Å²) >= 11 is 5.83. The predicted molar refractivity (Wildman–Crippen MR) is 66.0 cm³/mol. The second-order valence-corrected chi connectivity index (χ2v) is 4.03. The predicted octanol–water partition coefficient (Wildman–Crippen LogP) is 2.33. The van der Waals surface area contributed by atoms with Gasteiger partial charge < -0.3 is 10.5 Å². The smallest absolute Gasteiger partial charge is 0.237 e. The summed E-state index contributed by atoms with van der Waals surface area (Å²) in [5.74, 6) is -0.177. The molecule has 0 bridgehead atoms. The number of ether oxygens (including phenoxy) is 1. The number of hydrogen-bond donors (Lipinski definition) is 1. The molecule has 2 N–H and O–H groups in total. The van der Waals surface area contributed by atoms with Gasteiger partial charge in [-0.05, 0) is 18.2 Å². The molecule has 1 atom stereocenters. The van der Waals surface area contributed by atoms with Gasteiger partial charge in [-0.2, -0.15) is 0 Å². The first-order valence-corrected chi connectivity index (χ1v) is 5.56. The second kappa shape index (κ2) is 5.29. The van der Waals surface area contributed by atoms with Gasteiger partial charge in [0, 0.05) is 23.0 Å². The van der Waals surface area contributed by atoms with Crippen LogP contribution in [0.4, 0.5) is 4.39 Å². The minimum absolute atomic E-state index is 0.251. The summed E-state index contributed by atoms with van der Waals surface area (Å²) < 4.78 is 18.8. The molecule has 94 valence electrons. The van der Waals surface area contributed by atoms with Gasteiger partial charge in [0.05, 0.1) is 13.2 Å². The van der Waals surface area contributed by atoms with E-state index in [0.717, 1.165) is 0 Å². The number of hydrogen-bond acceptors (Lipinski definition) is 4. The monoisotopic (exact) mass is 267 g/mol. The van der Waals surface area contributed by atoms with Gasteiger partial charge in [-0.3, -0.25) is 4.98 Å². The van der Waals surface area contributed by atoms with Crippen molar-refractivity contribution in [2.75, 3.05) is 7.11 Å². The van der Waals surface area contributed by atoms with Crippen LogP contribution in [0.3, 0.4) is 0 Å². The quantitative estimate of drug-likeness (QED) is 0.927. The van der Waals surface area contributed by atoms with Crippen LogP contribution in [0.15, 0.2) is 30.6 Å². The van der Waals surface area contributed by atoms with Crippen LogP contribution >= 0.6 is 11.6 Å². The van der Waals surface area contributed by atoms with Crippen LogP contribution in [0.25, 0.3) is 0 Å². The molecule has 2 aromatic rings. The summed E-state index contributed by atoms with van der Waals surface area (Å²) in [5.41, 5.74) is 6.59. The lowest BCUT2D eigenvalue weighted by Crippen LogP contribution is -2.16. The van der Waals surface area contributed by atoms with E-state index in [1.54, 1.807) is 0 Å². The van der Waals surface area contributed by atoms with Crippen molar-refractivity contribution in [1.82, 2.24) is 9.97 Å². The van der Waals surface area contributed by atoms with E-state index in [9.17, 15) is 4.39 Å². The molecule has 6 heteroatoms. The molecule has 2 rings (SSSR count).